The summed E-state index contributed by atoms with van der Waals surface area (Å²) >= 11 is 12.0. The van der Waals surface area contributed by atoms with Crippen LogP contribution >= 0.6 is 23.2 Å². The van der Waals surface area contributed by atoms with Gasteiger partial charge in [0, 0.05) is 15.6 Å². The standard InChI is InChI=1S/C17H10Cl2N2O3/c18-9-5-7-10(8-6-9)21-16(22)13-14(20-24-15(13)17(21)23)11-3-1-2-4-12(11)19/h1-8,13,15H/t13-,15+/m1/s1. The Morgan fingerprint density at radius 3 is 2.38 bits per heavy atom. The topological polar surface area (TPSA) is 59.0 Å². The molecule has 2 heterocycles. The van der Waals surface area contributed by atoms with Crippen LogP contribution in [-0.2, 0) is 14.4 Å². The number of hydrogen-bond acceptors (Lipinski definition) is 4. The summed E-state index contributed by atoms with van der Waals surface area (Å²) in [6.45, 7) is 0. The number of halogens is 2. The number of amides is 2. The number of rotatable bonds is 2. The predicted molar refractivity (Wildman–Crippen MR) is 90.3 cm³/mol. The van der Waals surface area contributed by atoms with Crippen LogP contribution in [0.3, 0.4) is 0 Å². The van der Waals surface area contributed by atoms with E-state index in [0.29, 0.717) is 27.0 Å². The molecule has 2 aromatic carbocycles. The second-order valence-corrected chi connectivity index (χ2v) is 6.29. The Hall–Kier alpha value is -2.37. The van der Waals surface area contributed by atoms with Gasteiger partial charge in [-0.3, -0.25) is 9.59 Å². The van der Waals surface area contributed by atoms with Crippen molar-refractivity contribution in [1.29, 1.82) is 0 Å². The molecule has 24 heavy (non-hydrogen) atoms. The highest BCUT2D eigenvalue weighted by atomic mass is 35.5. The maximum absolute atomic E-state index is 12.8. The molecule has 2 amide bonds. The molecule has 2 aromatic rings. The third-order valence-electron chi connectivity index (χ3n) is 4.05. The molecule has 0 spiro atoms. The first-order valence-electron chi connectivity index (χ1n) is 7.20. The maximum Gasteiger partial charge on any atom is 0.278 e. The summed E-state index contributed by atoms with van der Waals surface area (Å²) in [5, 5.41) is 4.91. The molecule has 0 radical (unpaired) electrons. The zero-order valence-corrected chi connectivity index (χ0v) is 13.7. The van der Waals surface area contributed by atoms with Gasteiger partial charge in [-0.25, -0.2) is 4.90 Å². The normalized spacial score (nSPS) is 22.4. The minimum Gasteiger partial charge on any atom is -0.381 e. The molecule has 120 valence electrons. The molecule has 2 atom stereocenters. The number of oxime groups is 1. The van der Waals surface area contributed by atoms with Crippen molar-refractivity contribution in [2.75, 3.05) is 4.90 Å². The largest absolute Gasteiger partial charge is 0.381 e. The monoisotopic (exact) mass is 360 g/mol. The molecule has 0 bridgehead atoms. The summed E-state index contributed by atoms with van der Waals surface area (Å²) < 4.78 is 0. The zero-order chi connectivity index (χ0) is 16.8. The fraction of sp³-hybridized carbons (Fsp3) is 0.118. The average Bonchev–Trinajstić information content (AvgIpc) is 3.10. The fourth-order valence-corrected chi connectivity index (χ4v) is 3.27. The van der Waals surface area contributed by atoms with E-state index in [-0.39, 0.29) is 5.91 Å². The Morgan fingerprint density at radius 1 is 0.958 bits per heavy atom. The summed E-state index contributed by atoms with van der Waals surface area (Å²) in [7, 11) is 0. The molecule has 0 aliphatic carbocycles. The molecular weight excluding hydrogens is 351 g/mol. The van der Waals surface area contributed by atoms with Crippen molar-refractivity contribution in [2.24, 2.45) is 11.1 Å². The molecule has 0 N–H and O–H groups in total. The number of benzene rings is 2. The van der Waals surface area contributed by atoms with Crippen molar-refractivity contribution >= 4 is 46.4 Å². The Labute approximate surface area is 147 Å². The van der Waals surface area contributed by atoms with Crippen LogP contribution in [-0.4, -0.2) is 23.6 Å². The molecular formula is C17H10Cl2N2O3. The van der Waals surface area contributed by atoms with Crippen LogP contribution in [0, 0.1) is 5.92 Å². The molecule has 2 aliphatic heterocycles. The number of carbonyl (C=O) groups is 2. The van der Waals surface area contributed by atoms with Crippen LogP contribution in [0.2, 0.25) is 10.0 Å². The van der Waals surface area contributed by atoms with Crippen LogP contribution < -0.4 is 4.90 Å². The van der Waals surface area contributed by atoms with E-state index in [1.54, 1.807) is 48.5 Å². The zero-order valence-electron chi connectivity index (χ0n) is 12.1. The quantitative estimate of drug-likeness (QED) is 0.772. The number of nitrogens with zero attached hydrogens (tertiary/aromatic N) is 2. The molecule has 0 unspecified atom stereocenters. The van der Waals surface area contributed by atoms with Crippen LogP contribution in [0.1, 0.15) is 5.56 Å². The van der Waals surface area contributed by atoms with Gasteiger partial charge in [0.2, 0.25) is 12.0 Å². The fourth-order valence-electron chi connectivity index (χ4n) is 2.91. The second kappa shape index (κ2) is 5.61. The third-order valence-corrected chi connectivity index (χ3v) is 4.63. The maximum atomic E-state index is 12.8. The second-order valence-electron chi connectivity index (χ2n) is 5.45. The van der Waals surface area contributed by atoms with Gasteiger partial charge >= 0.3 is 0 Å². The first-order valence-corrected chi connectivity index (χ1v) is 7.95. The van der Waals surface area contributed by atoms with Crippen molar-refractivity contribution in [3.8, 4) is 0 Å². The van der Waals surface area contributed by atoms with Gasteiger partial charge in [0.1, 0.15) is 11.6 Å². The summed E-state index contributed by atoms with van der Waals surface area (Å²) in [5.41, 5.74) is 1.41. The van der Waals surface area contributed by atoms with Gasteiger partial charge in [0.15, 0.2) is 0 Å². The van der Waals surface area contributed by atoms with Gasteiger partial charge in [0.05, 0.1) is 5.69 Å². The summed E-state index contributed by atoms with van der Waals surface area (Å²) in [5.74, 6) is -1.63. The van der Waals surface area contributed by atoms with E-state index >= 15 is 0 Å². The van der Waals surface area contributed by atoms with E-state index in [9.17, 15) is 9.59 Å². The molecule has 1 fully saturated rings. The van der Waals surface area contributed by atoms with E-state index in [1.165, 1.54) is 0 Å². The highest BCUT2D eigenvalue weighted by Gasteiger charge is 2.56. The number of imide groups is 1. The highest BCUT2D eigenvalue weighted by Crippen LogP contribution is 2.36. The minimum absolute atomic E-state index is 0.375. The first kappa shape index (κ1) is 15.2. The lowest BCUT2D eigenvalue weighted by Gasteiger charge is -2.15. The summed E-state index contributed by atoms with van der Waals surface area (Å²) in [6.07, 6.45) is -0.959. The molecule has 0 aromatic heterocycles. The molecule has 0 saturated carbocycles. The smallest absolute Gasteiger partial charge is 0.278 e. The molecule has 1 saturated heterocycles. The summed E-state index contributed by atoms with van der Waals surface area (Å²) in [6, 6.07) is 13.5. The van der Waals surface area contributed by atoms with Gasteiger partial charge in [-0.05, 0) is 30.3 Å². The van der Waals surface area contributed by atoms with E-state index in [4.69, 9.17) is 28.0 Å². The summed E-state index contributed by atoms with van der Waals surface area (Å²) in [4.78, 5) is 31.8. The van der Waals surface area contributed by atoms with Gasteiger partial charge < -0.3 is 4.84 Å². The van der Waals surface area contributed by atoms with E-state index in [1.807, 2.05) is 0 Å². The van der Waals surface area contributed by atoms with Gasteiger partial charge in [-0.1, -0.05) is 46.6 Å². The Kier molecular flexibility index (Phi) is 3.55. The van der Waals surface area contributed by atoms with Crippen LogP contribution in [0.25, 0.3) is 0 Å². The van der Waals surface area contributed by atoms with Crippen LogP contribution in [0.5, 0.6) is 0 Å². The number of anilines is 1. The lowest BCUT2D eigenvalue weighted by molar-refractivity contribution is -0.126. The van der Waals surface area contributed by atoms with Gasteiger partial charge in [-0.15, -0.1) is 0 Å². The lowest BCUT2D eigenvalue weighted by atomic mass is 9.94. The third kappa shape index (κ3) is 2.20. The van der Waals surface area contributed by atoms with E-state index in [2.05, 4.69) is 5.16 Å². The molecule has 4 rings (SSSR count). The highest BCUT2D eigenvalue weighted by molar-refractivity contribution is 6.38. The van der Waals surface area contributed by atoms with E-state index in [0.717, 1.165) is 4.90 Å². The number of hydrogen-bond donors (Lipinski definition) is 0. The van der Waals surface area contributed by atoms with Crippen molar-refractivity contribution in [3.63, 3.8) is 0 Å². The van der Waals surface area contributed by atoms with Gasteiger partial charge in [-0.2, -0.15) is 0 Å². The average molecular weight is 361 g/mol. The predicted octanol–water partition coefficient (Wildman–Crippen LogP) is 3.29. The SMILES string of the molecule is O=C1[C@@H]2C(c3ccccc3Cl)=NO[C@@H]2C(=O)N1c1ccc(Cl)cc1. The van der Waals surface area contributed by atoms with Crippen molar-refractivity contribution in [3.05, 3.63) is 64.1 Å². The van der Waals surface area contributed by atoms with Gasteiger partial charge in [0.25, 0.3) is 5.91 Å². The van der Waals surface area contributed by atoms with Crippen LogP contribution in [0.15, 0.2) is 53.7 Å². The first-order chi connectivity index (χ1) is 11.6. The van der Waals surface area contributed by atoms with Crippen LogP contribution in [0.4, 0.5) is 5.69 Å². The Bertz CT molecular complexity index is 880. The molecule has 2 aliphatic rings. The van der Waals surface area contributed by atoms with Crippen molar-refractivity contribution in [2.45, 2.75) is 6.10 Å². The minimum atomic E-state index is -0.959. The number of fused-ring (bicyclic) bond motifs is 1. The Morgan fingerprint density at radius 2 is 1.67 bits per heavy atom. The van der Waals surface area contributed by atoms with Crippen molar-refractivity contribution in [1.82, 2.24) is 0 Å². The molecule has 7 heteroatoms. The lowest BCUT2D eigenvalue weighted by Crippen LogP contribution is -2.33. The molecule has 5 nitrogen and oxygen atoms in total. The van der Waals surface area contributed by atoms with E-state index < -0.39 is 17.9 Å². The number of carbonyl (C=O) groups excluding carboxylic acids is 2. The van der Waals surface area contributed by atoms with Crippen molar-refractivity contribution < 1.29 is 14.4 Å². The Balaban J connectivity index is 1.73.